The van der Waals surface area contributed by atoms with Gasteiger partial charge in [0.2, 0.25) is 0 Å². The van der Waals surface area contributed by atoms with Crippen LogP contribution in [0.4, 0.5) is 0 Å². The molecule has 1 heterocycles. The maximum atomic E-state index is 4.19. The molecule has 0 radical (unpaired) electrons. The van der Waals surface area contributed by atoms with Crippen molar-refractivity contribution >= 4 is 0 Å². The Balaban J connectivity index is 1.94. The highest BCUT2D eigenvalue weighted by Gasteiger charge is 2.08. The lowest BCUT2D eigenvalue weighted by atomic mass is 9.92. The third kappa shape index (κ3) is 6.28. The minimum atomic E-state index is 0.439. The van der Waals surface area contributed by atoms with Gasteiger partial charge in [-0.25, -0.2) is 4.98 Å². The molecule has 0 fully saturated rings. The Morgan fingerprint density at radius 1 is 1.33 bits per heavy atom. The summed E-state index contributed by atoms with van der Waals surface area (Å²) in [6, 6.07) is 0. The van der Waals surface area contributed by atoms with E-state index in [-0.39, 0.29) is 0 Å². The van der Waals surface area contributed by atoms with Gasteiger partial charge in [-0.15, -0.1) is 0 Å². The zero-order valence-corrected chi connectivity index (χ0v) is 10.1. The lowest BCUT2D eigenvalue weighted by Gasteiger charge is -2.17. The van der Waals surface area contributed by atoms with Gasteiger partial charge in [0.05, 0.1) is 0 Å². The molecular weight excluding hydrogens is 186 g/mol. The summed E-state index contributed by atoms with van der Waals surface area (Å²) in [7, 11) is 0. The van der Waals surface area contributed by atoms with E-state index in [2.05, 4.69) is 36.1 Å². The van der Waals surface area contributed by atoms with Gasteiger partial charge < -0.3 is 10.3 Å². The van der Waals surface area contributed by atoms with Gasteiger partial charge in [-0.05, 0) is 31.3 Å². The van der Waals surface area contributed by atoms with Crippen LogP contribution in [0, 0.1) is 5.41 Å². The maximum Gasteiger partial charge on any atom is 0.106 e. The van der Waals surface area contributed by atoms with Gasteiger partial charge in [0.15, 0.2) is 0 Å². The molecule has 0 bridgehead atoms. The van der Waals surface area contributed by atoms with Gasteiger partial charge in [0.25, 0.3) is 0 Å². The first-order valence-electron chi connectivity index (χ1n) is 5.77. The molecule has 0 spiro atoms. The van der Waals surface area contributed by atoms with Crippen molar-refractivity contribution in [1.29, 1.82) is 0 Å². The van der Waals surface area contributed by atoms with E-state index < -0.39 is 0 Å². The van der Waals surface area contributed by atoms with Crippen molar-refractivity contribution in [3.8, 4) is 0 Å². The van der Waals surface area contributed by atoms with Crippen molar-refractivity contribution in [2.45, 2.75) is 40.0 Å². The number of aromatic amines is 1. The first-order valence-corrected chi connectivity index (χ1v) is 5.77. The molecule has 2 N–H and O–H groups in total. The number of H-pyrrole nitrogens is 1. The van der Waals surface area contributed by atoms with Gasteiger partial charge in [0.1, 0.15) is 5.82 Å². The minimum Gasteiger partial charge on any atom is -0.349 e. The van der Waals surface area contributed by atoms with Crippen LogP contribution in [-0.4, -0.2) is 23.1 Å². The Bertz CT molecular complexity index is 246. The fourth-order valence-electron chi connectivity index (χ4n) is 1.40. The molecule has 1 rings (SSSR count). The molecule has 0 aliphatic rings. The third-order valence-electron chi connectivity index (χ3n) is 2.37. The number of imidazole rings is 1. The molecule has 0 aliphatic carbocycles. The van der Waals surface area contributed by atoms with Crippen molar-refractivity contribution in [3.05, 3.63) is 18.2 Å². The molecule has 0 saturated heterocycles. The predicted molar refractivity (Wildman–Crippen MR) is 63.9 cm³/mol. The molecule has 0 amide bonds. The number of hydrogen-bond acceptors (Lipinski definition) is 2. The number of nitrogens with zero attached hydrogens (tertiary/aromatic N) is 1. The average Bonchev–Trinajstić information content (AvgIpc) is 2.61. The summed E-state index contributed by atoms with van der Waals surface area (Å²) >= 11 is 0. The van der Waals surface area contributed by atoms with Crippen LogP contribution in [0.1, 0.15) is 39.4 Å². The largest absolute Gasteiger partial charge is 0.349 e. The number of nitrogens with one attached hydrogen (secondary N) is 2. The highest BCUT2D eigenvalue weighted by atomic mass is 14.9. The summed E-state index contributed by atoms with van der Waals surface area (Å²) in [5.74, 6) is 1.09. The number of rotatable bonds is 6. The van der Waals surface area contributed by atoms with Crippen molar-refractivity contribution in [2.75, 3.05) is 13.1 Å². The van der Waals surface area contributed by atoms with Gasteiger partial charge in [-0.2, -0.15) is 0 Å². The SMILES string of the molecule is CC(C)(C)CCNCCCc1ncc[nH]1. The van der Waals surface area contributed by atoms with Crippen LogP contribution in [0.5, 0.6) is 0 Å². The Kier molecular flexibility index (Phi) is 4.82. The molecule has 3 nitrogen and oxygen atoms in total. The zero-order chi connectivity index (χ0) is 11.1. The van der Waals surface area contributed by atoms with E-state index in [9.17, 15) is 0 Å². The highest BCUT2D eigenvalue weighted by molar-refractivity contribution is 4.86. The first kappa shape index (κ1) is 12.2. The van der Waals surface area contributed by atoms with E-state index in [4.69, 9.17) is 0 Å². The summed E-state index contributed by atoms with van der Waals surface area (Å²) in [6.07, 6.45) is 7.10. The third-order valence-corrected chi connectivity index (χ3v) is 2.37. The van der Waals surface area contributed by atoms with Gasteiger partial charge in [-0.3, -0.25) is 0 Å². The second-order valence-electron chi connectivity index (χ2n) is 5.20. The highest BCUT2D eigenvalue weighted by Crippen LogP contribution is 2.16. The lowest BCUT2D eigenvalue weighted by Crippen LogP contribution is -2.21. The zero-order valence-electron chi connectivity index (χ0n) is 10.1. The number of aryl methyl sites for hydroxylation is 1. The Morgan fingerprint density at radius 2 is 2.13 bits per heavy atom. The van der Waals surface area contributed by atoms with Crippen LogP contribution in [-0.2, 0) is 6.42 Å². The summed E-state index contributed by atoms with van der Waals surface area (Å²) in [4.78, 5) is 7.30. The van der Waals surface area contributed by atoms with E-state index in [1.165, 1.54) is 6.42 Å². The van der Waals surface area contributed by atoms with Crippen LogP contribution in [0.25, 0.3) is 0 Å². The Labute approximate surface area is 92.7 Å². The molecule has 15 heavy (non-hydrogen) atoms. The van der Waals surface area contributed by atoms with E-state index in [0.717, 1.165) is 31.8 Å². The standard InChI is InChI=1S/C12H23N3/c1-12(2,3)6-8-13-7-4-5-11-14-9-10-15-11/h9-10,13H,4-8H2,1-3H3,(H,14,15). The predicted octanol–water partition coefficient (Wildman–Crippen LogP) is 2.37. The summed E-state index contributed by atoms with van der Waals surface area (Å²) in [5, 5.41) is 3.46. The maximum absolute atomic E-state index is 4.19. The monoisotopic (exact) mass is 209 g/mol. The van der Waals surface area contributed by atoms with Crippen LogP contribution in [0.15, 0.2) is 12.4 Å². The van der Waals surface area contributed by atoms with Crippen LogP contribution >= 0.6 is 0 Å². The summed E-state index contributed by atoms with van der Waals surface area (Å²) in [6.45, 7) is 9.02. The quantitative estimate of drug-likeness (QED) is 0.706. The second kappa shape index (κ2) is 5.91. The van der Waals surface area contributed by atoms with Crippen molar-refractivity contribution in [1.82, 2.24) is 15.3 Å². The fourth-order valence-corrected chi connectivity index (χ4v) is 1.40. The first-order chi connectivity index (χ1) is 7.08. The van der Waals surface area contributed by atoms with E-state index in [1.807, 2.05) is 12.4 Å². The minimum absolute atomic E-state index is 0.439. The molecule has 1 aromatic heterocycles. The molecule has 0 saturated carbocycles. The topological polar surface area (TPSA) is 40.7 Å². The molecule has 0 aliphatic heterocycles. The van der Waals surface area contributed by atoms with Crippen molar-refractivity contribution in [2.24, 2.45) is 5.41 Å². The molecule has 0 atom stereocenters. The number of aromatic nitrogens is 2. The fraction of sp³-hybridized carbons (Fsp3) is 0.750. The normalized spacial score (nSPS) is 11.9. The van der Waals surface area contributed by atoms with Crippen molar-refractivity contribution < 1.29 is 0 Å². The van der Waals surface area contributed by atoms with Crippen LogP contribution in [0.2, 0.25) is 0 Å². The molecule has 0 unspecified atom stereocenters. The smallest absolute Gasteiger partial charge is 0.106 e. The van der Waals surface area contributed by atoms with Gasteiger partial charge >= 0.3 is 0 Å². The average molecular weight is 209 g/mol. The van der Waals surface area contributed by atoms with Crippen LogP contribution in [0.3, 0.4) is 0 Å². The molecule has 3 heteroatoms. The number of hydrogen-bond donors (Lipinski definition) is 2. The van der Waals surface area contributed by atoms with Crippen LogP contribution < -0.4 is 5.32 Å². The van der Waals surface area contributed by atoms with Crippen molar-refractivity contribution in [3.63, 3.8) is 0 Å². The molecule has 86 valence electrons. The van der Waals surface area contributed by atoms with E-state index in [0.29, 0.717) is 5.41 Å². The van der Waals surface area contributed by atoms with E-state index >= 15 is 0 Å². The molecule has 1 aromatic rings. The lowest BCUT2D eigenvalue weighted by molar-refractivity contribution is 0.366. The van der Waals surface area contributed by atoms with E-state index in [1.54, 1.807) is 0 Å². The Morgan fingerprint density at radius 3 is 2.73 bits per heavy atom. The summed E-state index contributed by atoms with van der Waals surface area (Å²) < 4.78 is 0. The van der Waals surface area contributed by atoms with Gasteiger partial charge in [-0.1, -0.05) is 20.8 Å². The summed E-state index contributed by atoms with van der Waals surface area (Å²) in [5.41, 5.74) is 0.439. The molecule has 0 aromatic carbocycles. The second-order valence-corrected chi connectivity index (χ2v) is 5.20. The molecular formula is C12H23N3. The van der Waals surface area contributed by atoms with Gasteiger partial charge in [0, 0.05) is 18.8 Å². The Hall–Kier alpha value is -0.830.